The molecule has 0 saturated carbocycles. The Morgan fingerprint density at radius 1 is 1.18 bits per heavy atom. The number of urea groups is 1. The molecule has 1 aliphatic carbocycles. The van der Waals surface area contributed by atoms with Crippen LogP contribution >= 0.6 is 11.6 Å². The van der Waals surface area contributed by atoms with Gasteiger partial charge in [0, 0.05) is 36.3 Å². The summed E-state index contributed by atoms with van der Waals surface area (Å²) in [5.74, 6) is -1.36. The van der Waals surface area contributed by atoms with Crippen LogP contribution in [0.3, 0.4) is 0 Å². The van der Waals surface area contributed by atoms with Gasteiger partial charge in [-0.2, -0.15) is 13.2 Å². The van der Waals surface area contributed by atoms with Crippen LogP contribution in [0.2, 0.25) is 5.02 Å². The zero-order valence-electron chi connectivity index (χ0n) is 20.7. The number of alkyl halides is 3. The molecule has 0 aromatic heterocycles. The van der Waals surface area contributed by atoms with Gasteiger partial charge in [-0.25, -0.2) is 14.5 Å². The number of benzene rings is 2. The fourth-order valence-corrected chi connectivity index (χ4v) is 5.78. The van der Waals surface area contributed by atoms with Gasteiger partial charge >= 0.3 is 18.3 Å². The van der Waals surface area contributed by atoms with Gasteiger partial charge in [-0.3, -0.25) is 9.59 Å². The highest BCUT2D eigenvalue weighted by Gasteiger charge is 2.58. The van der Waals surface area contributed by atoms with Crippen LogP contribution in [0.5, 0.6) is 0 Å². The Balaban J connectivity index is 1.36. The van der Waals surface area contributed by atoms with E-state index in [1.54, 1.807) is 18.2 Å². The van der Waals surface area contributed by atoms with E-state index in [1.165, 1.54) is 24.1 Å². The molecule has 2 heterocycles. The monoisotopic (exact) mass is 564 g/mol. The molecule has 1 unspecified atom stereocenters. The lowest BCUT2D eigenvalue weighted by atomic mass is 9.94. The molecular weight excluding hydrogens is 541 g/mol. The van der Waals surface area contributed by atoms with Crippen LogP contribution in [0.25, 0.3) is 0 Å². The average molecular weight is 565 g/mol. The minimum absolute atomic E-state index is 0.0777. The van der Waals surface area contributed by atoms with Crippen molar-refractivity contribution in [2.45, 2.75) is 43.5 Å². The van der Waals surface area contributed by atoms with E-state index in [0.29, 0.717) is 36.1 Å². The second-order valence-electron chi connectivity index (χ2n) is 9.64. The molecule has 2 aliphatic heterocycles. The summed E-state index contributed by atoms with van der Waals surface area (Å²) < 4.78 is 46.8. The van der Waals surface area contributed by atoms with Gasteiger partial charge in [-0.05, 0) is 54.7 Å². The van der Waals surface area contributed by atoms with Gasteiger partial charge in [0.05, 0.1) is 11.6 Å². The molecule has 2 N–H and O–H groups in total. The number of halogens is 4. The molecule has 5 amide bonds. The highest BCUT2D eigenvalue weighted by Crippen LogP contribution is 2.46. The Morgan fingerprint density at radius 2 is 1.95 bits per heavy atom. The molecule has 0 radical (unpaired) electrons. The van der Waals surface area contributed by atoms with Crippen molar-refractivity contribution >= 4 is 41.2 Å². The summed E-state index contributed by atoms with van der Waals surface area (Å²) in [4.78, 5) is 53.2. The Kier molecular flexibility index (Phi) is 6.69. The fraction of sp³-hybridized carbons (Fsp3) is 0.385. The predicted molar refractivity (Wildman–Crippen MR) is 133 cm³/mol. The van der Waals surface area contributed by atoms with E-state index in [4.69, 9.17) is 16.3 Å². The van der Waals surface area contributed by atoms with Crippen molar-refractivity contribution in [2.75, 3.05) is 25.5 Å². The van der Waals surface area contributed by atoms with E-state index in [-0.39, 0.29) is 23.6 Å². The molecule has 2 fully saturated rings. The van der Waals surface area contributed by atoms with Gasteiger partial charge in [-0.15, -0.1) is 0 Å². The lowest BCUT2D eigenvalue weighted by Gasteiger charge is -2.28. The van der Waals surface area contributed by atoms with Gasteiger partial charge in [0.2, 0.25) is 11.5 Å². The maximum absolute atomic E-state index is 13.7. The van der Waals surface area contributed by atoms with Gasteiger partial charge in [-0.1, -0.05) is 23.7 Å². The maximum atomic E-state index is 13.7. The largest absolute Gasteiger partial charge is 0.427 e. The third kappa shape index (κ3) is 4.66. The number of amides is 5. The molecule has 9 nitrogen and oxygen atoms in total. The molecule has 0 bridgehead atoms. The first-order valence-electron chi connectivity index (χ1n) is 12.3. The summed E-state index contributed by atoms with van der Waals surface area (Å²) in [6, 6.07) is 6.99. The van der Waals surface area contributed by atoms with Crippen molar-refractivity contribution in [1.82, 2.24) is 15.1 Å². The van der Waals surface area contributed by atoms with E-state index in [9.17, 15) is 32.3 Å². The number of aryl methyl sites for hydroxylation is 1. The summed E-state index contributed by atoms with van der Waals surface area (Å²) >= 11 is 5.81. The molecule has 206 valence electrons. The summed E-state index contributed by atoms with van der Waals surface area (Å²) in [5.41, 5.74) is -0.941. The van der Waals surface area contributed by atoms with Crippen LogP contribution in [-0.2, 0) is 32.5 Å². The zero-order valence-corrected chi connectivity index (χ0v) is 21.5. The normalized spacial score (nSPS) is 22.3. The third-order valence-corrected chi connectivity index (χ3v) is 7.63. The molecule has 2 saturated heterocycles. The molecule has 39 heavy (non-hydrogen) atoms. The van der Waals surface area contributed by atoms with Crippen molar-refractivity contribution in [3.8, 4) is 0 Å². The van der Waals surface area contributed by atoms with Gasteiger partial charge in [0.15, 0.2) is 0 Å². The SMILES string of the molecule is CNC(=O)Nc1ccc2c(c1)CCC21OC(=O)N(CC(=O)N2CCC[C@H]2c2ccc(Cl)cc2C(F)(F)F)C1=O. The summed E-state index contributed by atoms with van der Waals surface area (Å²) in [6.45, 7) is -0.480. The number of likely N-dealkylation sites (tertiary alicyclic amines) is 1. The van der Waals surface area contributed by atoms with Crippen molar-refractivity contribution in [1.29, 1.82) is 0 Å². The highest BCUT2D eigenvalue weighted by molar-refractivity contribution is 6.30. The number of carbonyl (C=O) groups is 4. The van der Waals surface area contributed by atoms with Crippen molar-refractivity contribution in [3.05, 3.63) is 63.7 Å². The molecule has 3 aliphatic rings. The number of imide groups is 1. The van der Waals surface area contributed by atoms with Crippen LogP contribution in [-0.4, -0.2) is 53.9 Å². The van der Waals surface area contributed by atoms with Crippen molar-refractivity contribution in [3.63, 3.8) is 0 Å². The first-order valence-corrected chi connectivity index (χ1v) is 12.7. The van der Waals surface area contributed by atoms with Crippen LogP contribution < -0.4 is 10.6 Å². The number of hydrogen-bond acceptors (Lipinski definition) is 5. The lowest BCUT2D eigenvalue weighted by Crippen LogP contribution is -2.44. The average Bonchev–Trinajstić information content (AvgIpc) is 3.57. The summed E-state index contributed by atoms with van der Waals surface area (Å²) in [6.07, 6.45) is -4.37. The van der Waals surface area contributed by atoms with Gasteiger partial charge in [0.1, 0.15) is 6.54 Å². The number of nitrogens with zero attached hydrogens (tertiary/aromatic N) is 2. The fourth-order valence-electron chi connectivity index (χ4n) is 5.60. The lowest BCUT2D eigenvalue weighted by molar-refractivity contribution is -0.143. The number of nitrogens with one attached hydrogen (secondary N) is 2. The first kappa shape index (κ1) is 26.8. The molecule has 1 spiro atoms. The molecule has 5 rings (SSSR count). The minimum atomic E-state index is -4.68. The quantitative estimate of drug-likeness (QED) is 0.565. The van der Waals surface area contributed by atoms with Crippen LogP contribution in [0.15, 0.2) is 36.4 Å². The molecule has 2 aromatic carbocycles. The Labute approximate surface area is 226 Å². The number of fused-ring (bicyclic) bond motifs is 2. The van der Waals surface area contributed by atoms with Crippen LogP contribution in [0.1, 0.15) is 47.6 Å². The standard InChI is InChI=1S/C26H24ClF3N4O5/c1-31-23(37)32-16-5-7-18-14(11-16)8-9-25(18)22(36)34(24(38)39-25)13-21(35)33-10-2-3-20(33)17-6-4-15(27)12-19(17)26(28,29)30/h4-7,11-12,20H,2-3,8-10,13H2,1H3,(H2,31,32,37)/t20-,25?/m0/s1. The van der Waals surface area contributed by atoms with Crippen LogP contribution in [0.4, 0.5) is 28.4 Å². The van der Waals surface area contributed by atoms with Crippen molar-refractivity contribution in [2.24, 2.45) is 0 Å². The number of rotatable bonds is 4. The Bertz CT molecular complexity index is 1380. The van der Waals surface area contributed by atoms with E-state index in [0.717, 1.165) is 11.0 Å². The van der Waals surface area contributed by atoms with Crippen LogP contribution in [0, 0.1) is 0 Å². The molecular formula is C26H24ClF3N4O5. The van der Waals surface area contributed by atoms with E-state index < -0.39 is 53.9 Å². The minimum Gasteiger partial charge on any atom is -0.427 e. The van der Waals surface area contributed by atoms with Crippen molar-refractivity contribution < 1.29 is 37.1 Å². The second kappa shape index (κ2) is 9.74. The van der Waals surface area contributed by atoms with E-state index in [1.807, 2.05) is 0 Å². The molecule has 13 heteroatoms. The predicted octanol–water partition coefficient (Wildman–Crippen LogP) is 4.59. The zero-order chi connectivity index (χ0) is 28.1. The van der Waals surface area contributed by atoms with E-state index in [2.05, 4.69) is 10.6 Å². The highest BCUT2D eigenvalue weighted by atomic mass is 35.5. The number of ether oxygens (including phenoxy) is 1. The Morgan fingerprint density at radius 3 is 2.67 bits per heavy atom. The number of hydrogen-bond donors (Lipinski definition) is 2. The molecule has 2 atom stereocenters. The summed E-state index contributed by atoms with van der Waals surface area (Å²) in [5, 5.41) is 5.00. The molecule has 2 aromatic rings. The maximum Gasteiger partial charge on any atom is 0.418 e. The van der Waals surface area contributed by atoms with Gasteiger partial charge < -0.3 is 20.3 Å². The Hall–Kier alpha value is -3.80. The smallest absolute Gasteiger partial charge is 0.418 e. The third-order valence-electron chi connectivity index (χ3n) is 7.39. The topological polar surface area (TPSA) is 108 Å². The van der Waals surface area contributed by atoms with Gasteiger partial charge in [0.25, 0.3) is 5.91 Å². The number of anilines is 1. The summed E-state index contributed by atoms with van der Waals surface area (Å²) in [7, 11) is 1.47. The van der Waals surface area contributed by atoms with E-state index >= 15 is 0 Å². The first-order chi connectivity index (χ1) is 18.4. The second-order valence-corrected chi connectivity index (χ2v) is 10.1. The number of carbonyl (C=O) groups excluding carboxylic acids is 4.